The van der Waals surface area contributed by atoms with Gasteiger partial charge >= 0.3 is 0 Å². The topological polar surface area (TPSA) is 84.3 Å². The lowest BCUT2D eigenvalue weighted by atomic mass is 10.0. The maximum atomic E-state index is 12.8. The Bertz CT molecular complexity index is 1170. The number of amides is 1. The van der Waals surface area contributed by atoms with Crippen molar-refractivity contribution in [3.8, 4) is 5.69 Å². The van der Waals surface area contributed by atoms with Crippen LogP contribution in [0.2, 0.25) is 5.02 Å². The average Bonchev–Trinajstić information content (AvgIpc) is 3.29. The molecule has 1 amide bonds. The smallest absolute Gasteiger partial charge is 0.255 e. The van der Waals surface area contributed by atoms with Crippen molar-refractivity contribution in [2.75, 3.05) is 18.4 Å². The highest BCUT2D eigenvalue weighted by Crippen LogP contribution is 2.26. The highest BCUT2D eigenvalue weighted by Gasteiger charge is 2.28. The van der Waals surface area contributed by atoms with Gasteiger partial charge < -0.3 is 9.88 Å². The molecule has 0 atom stereocenters. The summed E-state index contributed by atoms with van der Waals surface area (Å²) in [6.07, 6.45) is 6.80. The Morgan fingerprint density at radius 3 is 2.45 bits per heavy atom. The Kier molecular flexibility index (Phi) is 6.13. The maximum Gasteiger partial charge on any atom is 0.255 e. The van der Waals surface area contributed by atoms with Crippen molar-refractivity contribution in [3.63, 3.8) is 0 Å². The number of anilines is 1. The summed E-state index contributed by atoms with van der Waals surface area (Å²) in [5, 5.41) is 3.26. The van der Waals surface area contributed by atoms with Crippen LogP contribution in [0.25, 0.3) is 5.69 Å². The van der Waals surface area contributed by atoms with E-state index in [-0.39, 0.29) is 10.8 Å². The van der Waals surface area contributed by atoms with Gasteiger partial charge in [0, 0.05) is 36.7 Å². The van der Waals surface area contributed by atoms with Crippen LogP contribution in [0.4, 0.5) is 5.69 Å². The fourth-order valence-corrected chi connectivity index (χ4v) is 5.30. The third-order valence-electron chi connectivity index (χ3n) is 5.49. The van der Waals surface area contributed by atoms with E-state index in [1.807, 2.05) is 0 Å². The molecule has 0 radical (unpaired) electrons. The van der Waals surface area contributed by atoms with Crippen LogP contribution in [-0.4, -0.2) is 41.3 Å². The second-order valence-electron chi connectivity index (χ2n) is 7.70. The normalized spacial score (nSPS) is 15.7. The van der Waals surface area contributed by atoms with Gasteiger partial charge in [0.15, 0.2) is 0 Å². The van der Waals surface area contributed by atoms with Gasteiger partial charge in [-0.3, -0.25) is 4.79 Å². The molecule has 0 bridgehead atoms. The summed E-state index contributed by atoms with van der Waals surface area (Å²) in [7, 11) is -3.54. The van der Waals surface area contributed by atoms with Crippen molar-refractivity contribution in [1.29, 1.82) is 0 Å². The summed E-state index contributed by atoms with van der Waals surface area (Å²) in [6, 6.07) is 11.2. The number of imidazole rings is 1. The molecule has 0 aliphatic carbocycles. The fourth-order valence-electron chi connectivity index (χ4n) is 3.55. The zero-order valence-electron chi connectivity index (χ0n) is 17.0. The molecule has 2 aromatic carbocycles. The molecule has 3 aromatic rings. The van der Waals surface area contributed by atoms with Crippen LogP contribution in [0.3, 0.4) is 0 Å². The van der Waals surface area contributed by atoms with E-state index in [1.54, 1.807) is 41.5 Å². The van der Waals surface area contributed by atoms with E-state index in [4.69, 9.17) is 11.6 Å². The molecule has 4 rings (SSSR count). The van der Waals surface area contributed by atoms with E-state index in [9.17, 15) is 13.2 Å². The summed E-state index contributed by atoms with van der Waals surface area (Å²) >= 11 is 6.33. The minimum absolute atomic E-state index is 0.200. The van der Waals surface area contributed by atoms with Crippen LogP contribution >= 0.6 is 11.6 Å². The fraction of sp³-hybridized carbons (Fsp3) is 0.273. The lowest BCUT2D eigenvalue weighted by Gasteiger charge is -2.29. The van der Waals surface area contributed by atoms with Gasteiger partial charge in [0.2, 0.25) is 10.0 Å². The van der Waals surface area contributed by atoms with Crippen molar-refractivity contribution in [2.24, 2.45) is 5.92 Å². The molecule has 1 aliphatic rings. The molecule has 2 heterocycles. The number of carbonyl (C=O) groups is 1. The average molecular weight is 459 g/mol. The first-order chi connectivity index (χ1) is 14.8. The summed E-state index contributed by atoms with van der Waals surface area (Å²) < 4.78 is 29.0. The van der Waals surface area contributed by atoms with Crippen LogP contribution in [0, 0.1) is 5.92 Å². The number of sulfonamides is 1. The first-order valence-electron chi connectivity index (χ1n) is 10.0. The van der Waals surface area contributed by atoms with E-state index < -0.39 is 10.0 Å². The highest BCUT2D eigenvalue weighted by atomic mass is 35.5. The minimum Gasteiger partial charge on any atom is -0.322 e. The quantitative estimate of drug-likeness (QED) is 0.621. The third-order valence-corrected chi connectivity index (χ3v) is 7.70. The van der Waals surface area contributed by atoms with Crippen molar-refractivity contribution >= 4 is 33.2 Å². The SMILES string of the molecule is CC1CCN(S(=O)(=O)c2ccc(C(=O)Nc3ccc(-n4ccnc4)c(Cl)c3)cc2)CC1. The monoisotopic (exact) mass is 458 g/mol. The third kappa shape index (κ3) is 4.66. The second kappa shape index (κ2) is 8.82. The highest BCUT2D eigenvalue weighted by molar-refractivity contribution is 7.89. The molecule has 0 spiro atoms. The lowest BCUT2D eigenvalue weighted by molar-refractivity contribution is 0.102. The van der Waals surface area contributed by atoms with Gasteiger partial charge in [0.25, 0.3) is 5.91 Å². The van der Waals surface area contributed by atoms with E-state index >= 15 is 0 Å². The van der Waals surface area contributed by atoms with Gasteiger partial charge in [-0.15, -0.1) is 0 Å². The molecular weight excluding hydrogens is 436 g/mol. The first-order valence-corrected chi connectivity index (χ1v) is 11.9. The Balaban J connectivity index is 1.46. The van der Waals surface area contributed by atoms with Crippen LogP contribution < -0.4 is 5.32 Å². The molecule has 9 heteroatoms. The number of nitrogens with one attached hydrogen (secondary N) is 1. The predicted octanol–water partition coefficient (Wildman–Crippen LogP) is 4.20. The largest absolute Gasteiger partial charge is 0.322 e. The summed E-state index contributed by atoms with van der Waals surface area (Å²) in [5.41, 5.74) is 1.65. The van der Waals surface area contributed by atoms with Gasteiger partial charge in [-0.05, 0) is 61.2 Å². The molecule has 0 unspecified atom stereocenters. The van der Waals surface area contributed by atoms with Crippen LogP contribution in [0.15, 0.2) is 66.1 Å². The van der Waals surface area contributed by atoms with Crippen molar-refractivity contribution in [2.45, 2.75) is 24.7 Å². The Morgan fingerprint density at radius 1 is 1.13 bits per heavy atom. The van der Waals surface area contributed by atoms with Crippen LogP contribution in [-0.2, 0) is 10.0 Å². The molecule has 1 aromatic heterocycles. The molecule has 0 saturated carbocycles. The molecule has 162 valence electrons. The summed E-state index contributed by atoms with van der Waals surface area (Å²) in [6.45, 7) is 3.19. The van der Waals surface area contributed by atoms with E-state index in [0.717, 1.165) is 18.5 Å². The number of hydrogen-bond donors (Lipinski definition) is 1. The van der Waals surface area contributed by atoms with Crippen molar-refractivity contribution < 1.29 is 13.2 Å². The van der Waals surface area contributed by atoms with Gasteiger partial charge in [0.1, 0.15) is 0 Å². The van der Waals surface area contributed by atoms with Crippen LogP contribution in [0.5, 0.6) is 0 Å². The number of aromatic nitrogens is 2. The molecule has 31 heavy (non-hydrogen) atoms. The van der Waals surface area contributed by atoms with Crippen molar-refractivity contribution in [3.05, 3.63) is 71.8 Å². The number of hydrogen-bond acceptors (Lipinski definition) is 4. The van der Waals surface area contributed by atoms with E-state index in [1.165, 1.54) is 28.6 Å². The van der Waals surface area contributed by atoms with Crippen molar-refractivity contribution in [1.82, 2.24) is 13.9 Å². The minimum atomic E-state index is -3.54. The molecule has 1 N–H and O–H groups in total. The number of halogens is 1. The lowest BCUT2D eigenvalue weighted by Crippen LogP contribution is -2.37. The van der Waals surface area contributed by atoms with E-state index in [0.29, 0.717) is 35.3 Å². The summed E-state index contributed by atoms with van der Waals surface area (Å²) in [4.78, 5) is 16.8. The van der Waals surface area contributed by atoms with E-state index in [2.05, 4.69) is 17.2 Å². The summed E-state index contributed by atoms with van der Waals surface area (Å²) in [5.74, 6) is 0.197. The van der Waals surface area contributed by atoms with Gasteiger partial charge in [0.05, 0.1) is 21.9 Å². The number of nitrogens with zero attached hydrogens (tertiary/aromatic N) is 3. The predicted molar refractivity (Wildman–Crippen MR) is 120 cm³/mol. The molecule has 7 nitrogen and oxygen atoms in total. The Labute approximate surface area is 186 Å². The number of rotatable bonds is 5. The molecule has 1 aliphatic heterocycles. The maximum absolute atomic E-state index is 12.8. The molecule has 1 fully saturated rings. The zero-order valence-corrected chi connectivity index (χ0v) is 18.6. The van der Waals surface area contributed by atoms with Crippen LogP contribution in [0.1, 0.15) is 30.1 Å². The molecule has 1 saturated heterocycles. The van der Waals surface area contributed by atoms with Gasteiger partial charge in [-0.25, -0.2) is 13.4 Å². The Morgan fingerprint density at radius 2 is 1.84 bits per heavy atom. The zero-order chi connectivity index (χ0) is 22.0. The van der Waals surface area contributed by atoms with Gasteiger partial charge in [-0.2, -0.15) is 4.31 Å². The second-order valence-corrected chi connectivity index (χ2v) is 10.0. The number of piperidine rings is 1. The number of benzene rings is 2. The Hall–Kier alpha value is -2.68. The first kappa shape index (κ1) is 21.5. The molecular formula is C22H23ClN4O3S. The van der Waals surface area contributed by atoms with Gasteiger partial charge in [-0.1, -0.05) is 18.5 Å². The standard InChI is InChI=1S/C22H23ClN4O3S/c1-16-8-11-27(12-9-16)31(29,30)19-5-2-17(3-6-19)22(28)25-18-4-7-21(20(23)14-18)26-13-10-24-15-26/h2-7,10,13-16H,8-9,11-12H2,1H3,(H,25,28). The number of carbonyl (C=O) groups excluding carboxylic acids is 1.